The van der Waals surface area contributed by atoms with E-state index in [1.807, 2.05) is 38.1 Å². The molecule has 268 valence electrons. The maximum Gasteiger partial charge on any atom is 0.272 e. The zero-order valence-corrected chi connectivity index (χ0v) is 29.8. The highest BCUT2D eigenvalue weighted by atomic mass is 16.5. The van der Waals surface area contributed by atoms with Crippen LogP contribution in [0.5, 0.6) is 11.5 Å². The molecule has 0 fully saturated rings. The Kier molecular flexibility index (Phi) is 12.2. The van der Waals surface area contributed by atoms with Crippen molar-refractivity contribution in [3.05, 3.63) is 76.1 Å². The van der Waals surface area contributed by atoms with Crippen molar-refractivity contribution in [3.8, 4) is 11.5 Å². The smallest absolute Gasteiger partial charge is 0.272 e. The molecular formula is C38H50N6O6. The van der Waals surface area contributed by atoms with Crippen LogP contribution in [-0.4, -0.2) is 84.2 Å². The van der Waals surface area contributed by atoms with E-state index in [-0.39, 0.29) is 43.1 Å². The van der Waals surface area contributed by atoms with Gasteiger partial charge in [-0.25, -0.2) is 0 Å². The first-order valence-electron chi connectivity index (χ1n) is 17.6. The Morgan fingerprint density at radius 2 is 1.72 bits per heavy atom. The SMILES string of the molecule is COc1ccc(C[C@@H]2NC(=O)c3ccc(OC)c(c3)CCCNC(=O)CN(C(=O)c3c4c(nn3C)CCCC4)C[C@H](CC(C)C)NC2=O)cc1. The van der Waals surface area contributed by atoms with Gasteiger partial charge in [0, 0.05) is 43.7 Å². The van der Waals surface area contributed by atoms with Crippen LogP contribution in [0.2, 0.25) is 0 Å². The molecule has 50 heavy (non-hydrogen) atoms. The molecule has 1 aromatic heterocycles. The van der Waals surface area contributed by atoms with Crippen LogP contribution in [0.25, 0.3) is 0 Å². The van der Waals surface area contributed by atoms with E-state index in [9.17, 15) is 19.2 Å². The third kappa shape index (κ3) is 9.02. The van der Waals surface area contributed by atoms with E-state index >= 15 is 0 Å². The van der Waals surface area contributed by atoms with Crippen LogP contribution < -0.4 is 25.4 Å². The molecule has 0 saturated carbocycles. The summed E-state index contributed by atoms with van der Waals surface area (Å²) in [6, 6.07) is 11.1. The molecule has 0 saturated heterocycles. The lowest BCUT2D eigenvalue weighted by atomic mass is 9.95. The molecule has 3 N–H and O–H groups in total. The fourth-order valence-corrected chi connectivity index (χ4v) is 6.93. The van der Waals surface area contributed by atoms with Crippen molar-refractivity contribution in [2.45, 2.75) is 77.3 Å². The van der Waals surface area contributed by atoms with E-state index in [4.69, 9.17) is 9.47 Å². The van der Waals surface area contributed by atoms with Gasteiger partial charge in [0.25, 0.3) is 11.8 Å². The number of hydrogen-bond acceptors (Lipinski definition) is 7. The van der Waals surface area contributed by atoms with E-state index < -0.39 is 18.0 Å². The molecule has 1 aliphatic heterocycles. The Bertz CT molecular complexity index is 1680. The monoisotopic (exact) mass is 686 g/mol. The van der Waals surface area contributed by atoms with Gasteiger partial charge in [-0.1, -0.05) is 26.0 Å². The van der Waals surface area contributed by atoms with Crippen molar-refractivity contribution in [1.29, 1.82) is 0 Å². The largest absolute Gasteiger partial charge is 0.497 e. The normalized spacial score (nSPS) is 19.2. The first kappa shape index (κ1) is 36.4. The number of benzene rings is 2. The van der Waals surface area contributed by atoms with Gasteiger partial charge in [0.2, 0.25) is 11.8 Å². The fraction of sp³-hybridized carbons (Fsp3) is 0.500. The lowest BCUT2D eigenvalue weighted by Crippen LogP contribution is -2.54. The minimum Gasteiger partial charge on any atom is -0.497 e. The van der Waals surface area contributed by atoms with E-state index in [0.29, 0.717) is 48.6 Å². The van der Waals surface area contributed by atoms with Crippen molar-refractivity contribution in [2.75, 3.05) is 33.9 Å². The molecule has 12 heteroatoms. The van der Waals surface area contributed by atoms with E-state index in [0.717, 1.165) is 48.1 Å². The van der Waals surface area contributed by atoms with Gasteiger partial charge < -0.3 is 30.3 Å². The van der Waals surface area contributed by atoms with Gasteiger partial charge in [0.1, 0.15) is 23.2 Å². The summed E-state index contributed by atoms with van der Waals surface area (Å²) < 4.78 is 12.5. The van der Waals surface area contributed by atoms with Crippen LogP contribution in [0.3, 0.4) is 0 Å². The summed E-state index contributed by atoms with van der Waals surface area (Å²) in [4.78, 5) is 57.3. The number of nitrogens with zero attached hydrogens (tertiary/aromatic N) is 3. The van der Waals surface area contributed by atoms with E-state index in [2.05, 4.69) is 21.0 Å². The molecule has 12 nitrogen and oxygen atoms in total. The number of hydrogen-bond donors (Lipinski definition) is 3. The Hall–Kier alpha value is -4.87. The standard InChI is InChI=1S/C38H50N6O6/c1-24(2)19-28-22-44(38(48)35-30-10-6-7-11-31(30)42-43(35)3)23-34(45)39-18-8-9-26-21-27(14-17-33(26)50-5)36(46)41-32(37(47)40-28)20-25-12-15-29(49-4)16-13-25/h12-17,21,24,28,32H,6-11,18-20,22-23H2,1-5H3,(H,39,45)(H,40,47)(H,41,46)/t28-,32-/m0/s1. The highest BCUT2D eigenvalue weighted by molar-refractivity contribution is 5.98. The maximum absolute atomic E-state index is 14.4. The second-order valence-electron chi connectivity index (χ2n) is 13.7. The van der Waals surface area contributed by atoms with Gasteiger partial charge >= 0.3 is 0 Å². The first-order valence-corrected chi connectivity index (χ1v) is 17.6. The molecule has 3 aromatic rings. The van der Waals surface area contributed by atoms with Crippen LogP contribution >= 0.6 is 0 Å². The number of aromatic nitrogens is 2. The highest BCUT2D eigenvalue weighted by Crippen LogP contribution is 2.26. The van der Waals surface area contributed by atoms with Crippen LogP contribution in [-0.2, 0) is 42.3 Å². The number of fused-ring (bicyclic) bond motifs is 3. The topological polar surface area (TPSA) is 144 Å². The maximum atomic E-state index is 14.4. The zero-order valence-electron chi connectivity index (χ0n) is 29.8. The Balaban J connectivity index is 1.50. The van der Waals surface area contributed by atoms with Crippen molar-refractivity contribution < 1.29 is 28.7 Å². The summed E-state index contributed by atoms with van der Waals surface area (Å²) in [5.74, 6) is 0.128. The molecule has 2 aliphatic rings. The molecule has 0 unspecified atom stereocenters. The Labute approximate surface area is 294 Å². The molecule has 4 amide bonds. The van der Waals surface area contributed by atoms with Gasteiger partial charge in [-0.2, -0.15) is 5.10 Å². The van der Waals surface area contributed by atoms with Crippen LogP contribution in [0.1, 0.15) is 82.8 Å². The van der Waals surface area contributed by atoms with Gasteiger partial charge in [0.05, 0.1) is 26.5 Å². The van der Waals surface area contributed by atoms with Crippen molar-refractivity contribution >= 4 is 23.6 Å². The lowest BCUT2D eigenvalue weighted by Gasteiger charge is -2.30. The molecule has 2 heterocycles. The predicted octanol–water partition coefficient (Wildman–Crippen LogP) is 3.39. The molecule has 2 atom stereocenters. The van der Waals surface area contributed by atoms with E-state index in [1.54, 1.807) is 44.1 Å². The second kappa shape index (κ2) is 16.7. The van der Waals surface area contributed by atoms with Crippen LogP contribution in [0, 0.1) is 5.92 Å². The summed E-state index contributed by atoms with van der Waals surface area (Å²) in [6.07, 6.45) is 5.48. The summed E-state index contributed by atoms with van der Waals surface area (Å²) in [5.41, 5.74) is 4.41. The summed E-state index contributed by atoms with van der Waals surface area (Å²) in [5, 5.41) is 13.8. The number of nitrogens with one attached hydrogen (secondary N) is 3. The summed E-state index contributed by atoms with van der Waals surface area (Å²) in [6.45, 7) is 4.40. The number of amides is 4. The van der Waals surface area contributed by atoms with E-state index in [1.165, 1.54) is 4.90 Å². The average Bonchev–Trinajstić information content (AvgIpc) is 3.44. The van der Waals surface area contributed by atoms with Gasteiger partial charge in [-0.15, -0.1) is 0 Å². The number of carbonyl (C=O) groups is 4. The third-order valence-electron chi connectivity index (χ3n) is 9.39. The summed E-state index contributed by atoms with van der Waals surface area (Å²) in [7, 11) is 4.93. The van der Waals surface area contributed by atoms with Crippen molar-refractivity contribution in [1.82, 2.24) is 30.6 Å². The van der Waals surface area contributed by atoms with Crippen LogP contribution in [0.15, 0.2) is 42.5 Å². The van der Waals surface area contributed by atoms with Gasteiger partial charge in [0.15, 0.2) is 0 Å². The molecule has 2 aromatic carbocycles. The highest BCUT2D eigenvalue weighted by Gasteiger charge is 2.32. The van der Waals surface area contributed by atoms with Gasteiger partial charge in [-0.3, -0.25) is 23.9 Å². The summed E-state index contributed by atoms with van der Waals surface area (Å²) >= 11 is 0. The molecule has 0 spiro atoms. The fourth-order valence-electron chi connectivity index (χ4n) is 6.93. The van der Waals surface area contributed by atoms with Crippen molar-refractivity contribution in [2.24, 2.45) is 13.0 Å². The number of carbonyl (C=O) groups excluding carboxylic acids is 4. The van der Waals surface area contributed by atoms with Crippen LogP contribution in [0.4, 0.5) is 0 Å². The minimum atomic E-state index is -0.927. The molecule has 5 rings (SSSR count). The number of rotatable bonds is 7. The average molecular weight is 687 g/mol. The van der Waals surface area contributed by atoms with Crippen molar-refractivity contribution in [3.63, 3.8) is 0 Å². The predicted molar refractivity (Wildman–Crippen MR) is 189 cm³/mol. The molecular weight excluding hydrogens is 636 g/mol. The number of methoxy groups -OCH3 is 2. The minimum absolute atomic E-state index is 0.108. The third-order valence-corrected chi connectivity index (χ3v) is 9.39. The lowest BCUT2D eigenvalue weighted by molar-refractivity contribution is -0.123. The second-order valence-corrected chi connectivity index (χ2v) is 13.7. The quantitative estimate of drug-likeness (QED) is 0.346. The molecule has 2 bridgehead atoms. The Morgan fingerprint density at radius 3 is 2.44 bits per heavy atom. The molecule has 1 aliphatic carbocycles. The Morgan fingerprint density at radius 1 is 0.960 bits per heavy atom. The first-order chi connectivity index (χ1) is 24.1. The number of aryl methyl sites for hydroxylation is 3. The number of ether oxygens (including phenoxy) is 2. The zero-order chi connectivity index (χ0) is 35.8. The molecule has 0 radical (unpaired) electrons. The van der Waals surface area contributed by atoms with Gasteiger partial charge in [-0.05, 0) is 92.3 Å².